The summed E-state index contributed by atoms with van der Waals surface area (Å²) in [5, 5.41) is 3.46. The fraction of sp³-hybridized carbons (Fsp3) is 0.188. The van der Waals surface area contributed by atoms with Crippen LogP contribution in [0.25, 0.3) is 0 Å². The molecule has 2 aromatic rings. The van der Waals surface area contributed by atoms with E-state index in [0.29, 0.717) is 16.3 Å². The van der Waals surface area contributed by atoms with Crippen LogP contribution in [0, 0.1) is 6.92 Å². The molecule has 21 heavy (non-hydrogen) atoms. The molecule has 2 aromatic carbocycles. The minimum absolute atomic E-state index is 0.167. The first-order chi connectivity index (χ1) is 9.90. The van der Waals surface area contributed by atoms with Gasteiger partial charge in [-0.1, -0.05) is 23.7 Å². The lowest BCUT2D eigenvalue weighted by molar-refractivity contribution is 0.102. The van der Waals surface area contributed by atoms with Gasteiger partial charge in [-0.05, 0) is 52.7 Å². The molecule has 0 spiro atoms. The molecule has 1 amide bonds. The first kappa shape index (κ1) is 15.9. The molecule has 3 nitrogen and oxygen atoms in total. The van der Waals surface area contributed by atoms with E-state index >= 15 is 0 Å². The summed E-state index contributed by atoms with van der Waals surface area (Å²) in [6.45, 7) is 1.95. The Morgan fingerprint density at radius 3 is 2.57 bits per heavy atom. The van der Waals surface area contributed by atoms with Crippen LogP contribution in [0.5, 0.6) is 0 Å². The zero-order valence-electron chi connectivity index (χ0n) is 12.1. The van der Waals surface area contributed by atoms with Crippen LogP contribution in [-0.4, -0.2) is 20.0 Å². The Morgan fingerprint density at radius 2 is 1.95 bits per heavy atom. The largest absolute Gasteiger partial charge is 0.376 e. The molecular formula is C16H16BrClN2O. The molecule has 0 aliphatic heterocycles. The van der Waals surface area contributed by atoms with Gasteiger partial charge in [-0.2, -0.15) is 0 Å². The van der Waals surface area contributed by atoms with Crippen LogP contribution in [-0.2, 0) is 0 Å². The van der Waals surface area contributed by atoms with Gasteiger partial charge in [0.15, 0.2) is 0 Å². The van der Waals surface area contributed by atoms with Gasteiger partial charge >= 0.3 is 0 Å². The second-order valence-electron chi connectivity index (χ2n) is 4.95. The lowest BCUT2D eigenvalue weighted by atomic mass is 10.1. The molecule has 0 bridgehead atoms. The van der Waals surface area contributed by atoms with Crippen molar-refractivity contribution in [2.24, 2.45) is 0 Å². The van der Waals surface area contributed by atoms with Crippen molar-refractivity contribution in [3.05, 3.63) is 57.0 Å². The Kier molecular flexibility index (Phi) is 4.91. The second kappa shape index (κ2) is 6.50. The Morgan fingerprint density at radius 1 is 1.24 bits per heavy atom. The summed E-state index contributed by atoms with van der Waals surface area (Å²) in [4.78, 5) is 14.2. The third-order valence-corrected chi connectivity index (χ3v) is 4.48. The molecule has 110 valence electrons. The first-order valence-electron chi connectivity index (χ1n) is 6.43. The molecule has 5 heteroatoms. The Hall–Kier alpha value is -1.52. The topological polar surface area (TPSA) is 32.3 Å². The van der Waals surface area contributed by atoms with Crippen molar-refractivity contribution in [1.29, 1.82) is 0 Å². The predicted octanol–water partition coefficient (Wildman–Crippen LogP) is 4.73. The normalized spacial score (nSPS) is 10.3. The summed E-state index contributed by atoms with van der Waals surface area (Å²) in [5.41, 5.74) is 3.20. The van der Waals surface area contributed by atoms with Gasteiger partial charge in [-0.25, -0.2) is 0 Å². The number of nitrogens with one attached hydrogen (secondary N) is 1. The molecule has 2 rings (SSSR count). The smallest absolute Gasteiger partial charge is 0.256 e. The Balaban J connectivity index is 2.24. The fourth-order valence-corrected chi connectivity index (χ4v) is 2.76. The lowest BCUT2D eigenvalue weighted by Crippen LogP contribution is -2.14. The maximum Gasteiger partial charge on any atom is 0.256 e. The van der Waals surface area contributed by atoms with E-state index in [4.69, 9.17) is 11.6 Å². The van der Waals surface area contributed by atoms with Crippen molar-refractivity contribution >= 4 is 44.8 Å². The summed E-state index contributed by atoms with van der Waals surface area (Å²) in [7, 11) is 3.84. The monoisotopic (exact) mass is 366 g/mol. The van der Waals surface area contributed by atoms with Gasteiger partial charge in [0.05, 0.1) is 16.3 Å². The molecule has 0 heterocycles. The van der Waals surface area contributed by atoms with Crippen LogP contribution in [0.3, 0.4) is 0 Å². The van der Waals surface area contributed by atoms with Crippen LogP contribution in [0.4, 0.5) is 11.4 Å². The molecule has 1 N–H and O–H groups in total. The van der Waals surface area contributed by atoms with Gasteiger partial charge in [0.1, 0.15) is 0 Å². The summed E-state index contributed by atoms with van der Waals surface area (Å²) in [6.07, 6.45) is 0. The minimum Gasteiger partial charge on any atom is -0.376 e. The third kappa shape index (κ3) is 3.57. The van der Waals surface area contributed by atoms with Gasteiger partial charge in [0.2, 0.25) is 0 Å². The van der Waals surface area contributed by atoms with Crippen LogP contribution < -0.4 is 10.2 Å². The van der Waals surface area contributed by atoms with E-state index in [1.807, 2.05) is 50.2 Å². The van der Waals surface area contributed by atoms with E-state index in [-0.39, 0.29) is 5.91 Å². The van der Waals surface area contributed by atoms with Gasteiger partial charge in [0, 0.05) is 24.3 Å². The standard InChI is InChI=1S/C16H16BrClN2O/c1-10-5-4-6-12(15(10)17)16(21)19-11-7-8-14(20(2)3)13(18)9-11/h4-9H,1-3H3,(H,19,21). The first-order valence-corrected chi connectivity index (χ1v) is 7.60. The number of hydrogen-bond acceptors (Lipinski definition) is 2. The molecule has 0 unspecified atom stereocenters. The summed E-state index contributed by atoms with van der Waals surface area (Å²) in [6, 6.07) is 11.0. The van der Waals surface area contributed by atoms with Crippen LogP contribution in [0.15, 0.2) is 40.9 Å². The van der Waals surface area contributed by atoms with Crippen molar-refractivity contribution in [1.82, 2.24) is 0 Å². The van der Waals surface area contributed by atoms with Crippen LogP contribution in [0.1, 0.15) is 15.9 Å². The molecule has 0 aromatic heterocycles. The highest BCUT2D eigenvalue weighted by Gasteiger charge is 2.12. The number of halogens is 2. The predicted molar refractivity (Wildman–Crippen MR) is 92.6 cm³/mol. The molecule has 0 radical (unpaired) electrons. The van der Waals surface area contributed by atoms with Gasteiger partial charge in [0.25, 0.3) is 5.91 Å². The second-order valence-corrected chi connectivity index (χ2v) is 6.15. The van der Waals surface area contributed by atoms with Crippen molar-refractivity contribution in [2.45, 2.75) is 6.92 Å². The zero-order chi connectivity index (χ0) is 15.6. The van der Waals surface area contributed by atoms with E-state index in [1.54, 1.807) is 12.1 Å². The molecule has 0 fully saturated rings. The maximum absolute atomic E-state index is 12.3. The molecular weight excluding hydrogens is 352 g/mol. The van der Waals surface area contributed by atoms with Crippen molar-refractivity contribution in [3.63, 3.8) is 0 Å². The zero-order valence-corrected chi connectivity index (χ0v) is 14.4. The average Bonchev–Trinajstić information content (AvgIpc) is 2.41. The molecule has 0 aliphatic rings. The number of carbonyl (C=O) groups is 1. The number of nitrogens with zero attached hydrogens (tertiary/aromatic N) is 1. The average molecular weight is 368 g/mol. The summed E-state index contributed by atoms with van der Waals surface area (Å²) >= 11 is 9.65. The summed E-state index contributed by atoms with van der Waals surface area (Å²) in [5.74, 6) is -0.167. The molecule has 0 atom stereocenters. The van der Waals surface area contributed by atoms with E-state index in [0.717, 1.165) is 15.7 Å². The molecule has 0 aliphatic carbocycles. The SMILES string of the molecule is Cc1cccc(C(=O)Nc2ccc(N(C)C)c(Cl)c2)c1Br. The van der Waals surface area contributed by atoms with Gasteiger partial charge < -0.3 is 10.2 Å². The Labute approximate surface area is 138 Å². The van der Waals surface area contributed by atoms with E-state index < -0.39 is 0 Å². The quantitative estimate of drug-likeness (QED) is 0.850. The maximum atomic E-state index is 12.3. The van der Waals surface area contributed by atoms with Crippen molar-refractivity contribution < 1.29 is 4.79 Å². The highest BCUT2D eigenvalue weighted by molar-refractivity contribution is 9.10. The highest BCUT2D eigenvalue weighted by atomic mass is 79.9. The fourth-order valence-electron chi connectivity index (χ4n) is 1.97. The van der Waals surface area contributed by atoms with E-state index in [9.17, 15) is 4.79 Å². The molecule has 0 saturated heterocycles. The lowest BCUT2D eigenvalue weighted by Gasteiger charge is -2.15. The van der Waals surface area contributed by atoms with Crippen LogP contribution in [0.2, 0.25) is 5.02 Å². The Bertz CT molecular complexity index is 686. The highest BCUT2D eigenvalue weighted by Crippen LogP contribution is 2.28. The van der Waals surface area contributed by atoms with Crippen molar-refractivity contribution in [2.75, 3.05) is 24.3 Å². The van der Waals surface area contributed by atoms with Crippen LogP contribution >= 0.6 is 27.5 Å². The number of rotatable bonds is 3. The summed E-state index contributed by atoms with van der Waals surface area (Å²) < 4.78 is 0.804. The number of benzene rings is 2. The van der Waals surface area contributed by atoms with E-state index in [2.05, 4.69) is 21.2 Å². The number of anilines is 2. The minimum atomic E-state index is -0.167. The number of amides is 1. The van der Waals surface area contributed by atoms with Gasteiger partial charge in [-0.3, -0.25) is 4.79 Å². The van der Waals surface area contributed by atoms with E-state index in [1.165, 1.54) is 0 Å². The number of carbonyl (C=O) groups excluding carboxylic acids is 1. The van der Waals surface area contributed by atoms with Gasteiger partial charge in [-0.15, -0.1) is 0 Å². The molecule has 0 saturated carbocycles. The number of hydrogen-bond donors (Lipinski definition) is 1. The third-order valence-electron chi connectivity index (χ3n) is 3.12. The van der Waals surface area contributed by atoms with Crippen molar-refractivity contribution in [3.8, 4) is 0 Å². The number of aryl methyl sites for hydroxylation is 1.